The number of nitrogens with one attached hydrogen (secondary N) is 1. The highest BCUT2D eigenvalue weighted by Crippen LogP contribution is 2.25. The number of ether oxygens (including phenoxy) is 1. The Labute approximate surface area is 149 Å². The smallest absolute Gasteiger partial charge is 0.329 e. The maximum absolute atomic E-state index is 12.1. The van der Waals surface area contributed by atoms with Crippen LogP contribution >= 0.6 is 0 Å². The number of sulfonamides is 1. The summed E-state index contributed by atoms with van der Waals surface area (Å²) in [7, 11) is -3.70. The molecule has 1 aromatic carbocycles. The van der Waals surface area contributed by atoms with E-state index in [1.54, 1.807) is 24.3 Å². The van der Waals surface area contributed by atoms with Crippen molar-refractivity contribution in [2.45, 2.75) is 45.1 Å². The molecule has 0 saturated heterocycles. The van der Waals surface area contributed by atoms with Crippen LogP contribution in [-0.2, 0) is 20.4 Å². The van der Waals surface area contributed by atoms with Crippen molar-refractivity contribution in [3.63, 3.8) is 0 Å². The van der Waals surface area contributed by atoms with Crippen LogP contribution in [0.25, 0.3) is 0 Å². The molecule has 0 fully saturated rings. The maximum atomic E-state index is 12.1. The van der Waals surface area contributed by atoms with Gasteiger partial charge in [-0.15, -0.1) is 0 Å². The van der Waals surface area contributed by atoms with Gasteiger partial charge < -0.3 is 15.6 Å². The average Bonchev–Trinajstić information content (AvgIpc) is 2.57. The van der Waals surface area contributed by atoms with Gasteiger partial charge in [-0.25, -0.2) is 13.2 Å². The van der Waals surface area contributed by atoms with Crippen LogP contribution in [-0.4, -0.2) is 38.4 Å². The minimum Gasteiger partial charge on any atom is -0.494 e. The van der Waals surface area contributed by atoms with E-state index < -0.39 is 21.5 Å². The summed E-state index contributed by atoms with van der Waals surface area (Å²) in [6, 6.07) is 6.40. The van der Waals surface area contributed by atoms with Gasteiger partial charge in [-0.3, -0.25) is 0 Å². The molecule has 0 aromatic heterocycles. The summed E-state index contributed by atoms with van der Waals surface area (Å²) in [5, 5.41) is 9.57. The minimum atomic E-state index is -3.70. The van der Waals surface area contributed by atoms with Gasteiger partial charge in [0.25, 0.3) is 0 Å². The summed E-state index contributed by atoms with van der Waals surface area (Å²) in [4.78, 5) is 11.7. The lowest BCUT2D eigenvalue weighted by Crippen LogP contribution is -2.50. The zero-order valence-corrected chi connectivity index (χ0v) is 15.6. The first-order valence-corrected chi connectivity index (χ1v) is 10.1. The molecule has 1 atom stereocenters. The molecule has 0 aliphatic carbocycles. The Morgan fingerprint density at radius 3 is 2.40 bits per heavy atom. The van der Waals surface area contributed by atoms with Gasteiger partial charge >= 0.3 is 5.97 Å². The first-order valence-electron chi connectivity index (χ1n) is 8.43. The fourth-order valence-corrected chi connectivity index (χ4v) is 3.84. The SMILES string of the molecule is CCCCS(=O)(=O)NC(C)(C(=O)O)c1ccc(OCCCCN)cc1. The second kappa shape index (κ2) is 9.74. The first kappa shape index (κ1) is 21.4. The van der Waals surface area contributed by atoms with Crippen molar-refractivity contribution < 1.29 is 23.1 Å². The van der Waals surface area contributed by atoms with Crippen LogP contribution in [0.4, 0.5) is 0 Å². The number of carboxylic acid groups (broad SMARTS) is 1. The summed E-state index contributed by atoms with van der Waals surface area (Å²) >= 11 is 0. The zero-order valence-electron chi connectivity index (χ0n) is 14.8. The molecule has 4 N–H and O–H groups in total. The third kappa shape index (κ3) is 6.64. The second-order valence-electron chi connectivity index (χ2n) is 6.07. The van der Waals surface area contributed by atoms with E-state index in [2.05, 4.69) is 4.72 Å². The maximum Gasteiger partial charge on any atom is 0.329 e. The van der Waals surface area contributed by atoms with Crippen LogP contribution < -0.4 is 15.2 Å². The summed E-state index contributed by atoms with van der Waals surface area (Å²) < 4.78 is 32.2. The lowest BCUT2D eigenvalue weighted by molar-refractivity contribution is -0.143. The summed E-state index contributed by atoms with van der Waals surface area (Å²) in [5.41, 5.74) is 4.03. The molecule has 8 heteroatoms. The van der Waals surface area contributed by atoms with Gasteiger partial charge in [-0.05, 0) is 50.4 Å². The molecule has 0 spiro atoms. The Balaban J connectivity index is 2.89. The van der Waals surface area contributed by atoms with Crippen LogP contribution in [0.3, 0.4) is 0 Å². The van der Waals surface area contributed by atoms with Crippen LogP contribution in [0, 0.1) is 0 Å². The van der Waals surface area contributed by atoms with Crippen LogP contribution in [0.5, 0.6) is 5.75 Å². The molecule has 0 radical (unpaired) electrons. The number of rotatable bonds is 12. The molecule has 0 saturated carbocycles. The van der Waals surface area contributed by atoms with E-state index in [1.807, 2.05) is 6.92 Å². The predicted octanol–water partition coefficient (Wildman–Crippen LogP) is 1.82. The Bertz CT molecular complexity index is 646. The predicted molar refractivity (Wildman–Crippen MR) is 97.0 cm³/mol. The quantitative estimate of drug-likeness (QED) is 0.482. The fourth-order valence-electron chi connectivity index (χ4n) is 2.24. The van der Waals surface area contributed by atoms with Crippen molar-refractivity contribution in [1.29, 1.82) is 0 Å². The Morgan fingerprint density at radius 2 is 1.88 bits per heavy atom. The molecule has 7 nitrogen and oxygen atoms in total. The molecule has 1 unspecified atom stereocenters. The molecule has 0 amide bonds. The van der Waals surface area contributed by atoms with E-state index in [1.165, 1.54) is 6.92 Å². The van der Waals surface area contributed by atoms with E-state index in [-0.39, 0.29) is 5.75 Å². The number of nitrogens with two attached hydrogens (primary N) is 1. The van der Waals surface area contributed by atoms with E-state index >= 15 is 0 Å². The topological polar surface area (TPSA) is 119 Å². The highest BCUT2D eigenvalue weighted by molar-refractivity contribution is 7.89. The van der Waals surface area contributed by atoms with Gasteiger partial charge in [0, 0.05) is 0 Å². The molecule has 0 bridgehead atoms. The normalized spacial score (nSPS) is 14.0. The molecular formula is C17H28N2O5S. The van der Waals surface area contributed by atoms with Gasteiger partial charge in [-0.2, -0.15) is 4.72 Å². The number of carbonyl (C=O) groups is 1. The lowest BCUT2D eigenvalue weighted by atomic mass is 9.93. The Morgan fingerprint density at radius 1 is 1.24 bits per heavy atom. The third-order valence-electron chi connectivity index (χ3n) is 3.85. The standard InChI is InChI=1S/C17H28N2O5S/c1-3-4-13-25(22,23)19-17(2,16(20)21)14-7-9-15(10-8-14)24-12-6-5-11-18/h7-10,19H,3-6,11-13,18H2,1-2H3,(H,20,21). The number of hydrogen-bond donors (Lipinski definition) is 3. The highest BCUT2D eigenvalue weighted by atomic mass is 32.2. The lowest BCUT2D eigenvalue weighted by Gasteiger charge is -2.26. The molecule has 0 aliphatic rings. The van der Waals surface area contributed by atoms with Gasteiger partial charge in [0.15, 0.2) is 5.54 Å². The van der Waals surface area contributed by atoms with Crippen LogP contribution in [0.15, 0.2) is 24.3 Å². The van der Waals surface area contributed by atoms with Gasteiger partial charge in [-0.1, -0.05) is 25.5 Å². The molecule has 25 heavy (non-hydrogen) atoms. The highest BCUT2D eigenvalue weighted by Gasteiger charge is 2.39. The van der Waals surface area contributed by atoms with Crippen molar-refractivity contribution in [1.82, 2.24) is 4.72 Å². The van der Waals surface area contributed by atoms with Crippen molar-refractivity contribution in [3.05, 3.63) is 29.8 Å². The van der Waals surface area contributed by atoms with E-state index in [0.717, 1.165) is 12.8 Å². The molecular weight excluding hydrogens is 344 g/mol. The summed E-state index contributed by atoms with van der Waals surface area (Å²) in [6.45, 7) is 4.35. The van der Waals surface area contributed by atoms with Crippen molar-refractivity contribution in [2.24, 2.45) is 5.73 Å². The first-order chi connectivity index (χ1) is 11.7. The Hall–Kier alpha value is -1.64. The average molecular weight is 372 g/mol. The minimum absolute atomic E-state index is 0.102. The number of benzene rings is 1. The summed E-state index contributed by atoms with van der Waals surface area (Å²) in [5.74, 6) is -0.763. The van der Waals surface area contributed by atoms with Gasteiger partial charge in [0.05, 0.1) is 12.4 Å². The van der Waals surface area contributed by atoms with Crippen molar-refractivity contribution in [3.8, 4) is 5.75 Å². The van der Waals surface area contributed by atoms with Crippen LogP contribution in [0.2, 0.25) is 0 Å². The number of aliphatic carboxylic acids is 1. The third-order valence-corrected chi connectivity index (χ3v) is 5.40. The molecule has 142 valence electrons. The van der Waals surface area contributed by atoms with E-state index in [0.29, 0.717) is 37.3 Å². The van der Waals surface area contributed by atoms with Gasteiger partial charge in [0.2, 0.25) is 10.0 Å². The zero-order chi connectivity index (χ0) is 18.9. The molecule has 0 aliphatic heterocycles. The van der Waals surface area contributed by atoms with E-state index in [4.69, 9.17) is 10.5 Å². The summed E-state index contributed by atoms with van der Waals surface area (Å²) in [6.07, 6.45) is 2.89. The largest absolute Gasteiger partial charge is 0.494 e. The van der Waals surface area contributed by atoms with E-state index in [9.17, 15) is 18.3 Å². The second-order valence-corrected chi connectivity index (χ2v) is 7.92. The number of carboxylic acids is 1. The number of hydrogen-bond acceptors (Lipinski definition) is 5. The molecule has 1 rings (SSSR count). The fraction of sp³-hybridized carbons (Fsp3) is 0.588. The van der Waals surface area contributed by atoms with Crippen LogP contribution in [0.1, 0.15) is 45.1 Å². The van der Waals surface area contributed by atoms with Gasteiger partial charge in [0.1, 0.15) is 5.75 Å². The molecule has 0 heterocycles. The monoisotopic (exact) mass is 372 g/mol. The number of unbranched alkanes of at least 4 members (excludes halogenated alkanes) is 2. The van der Waals surface area contributed by atoms with Crippen molar-refractivity contribution in [2.75, 3.05) is 18.9 Å². The van der Waals surface area contributed by atoms with Crippen molar-refractivity contribution >= 4 is 16.0 Å². The Kier molecular flexibility index (Phi) is 8.34. The molecule has 1 aromatic rings.